The lowest BCUT2D eigenvalue weighted by atomic mass is 9.47. The summed E-state index contributed by atoms with van der Waals surface area (Å²) < 4.78 is 6.38. The van der Waals surface area contributed by atoms with Gasteiger partial charge in [0.15, 0.2) is 0 Å². The van der Waals surface area contributed by atoms with E-state index in [0.717, 1.165) is 37.0 Å². The van der Waals surface area contributed by atoms with Crippen molar-refractivity contribution in [1.82, 2.24) is 0 Å². The summed E-state index contributed by atoms with van der Waals surface area (Å²) >= 11 is 0. The SMILES string of the molecule is CC(C)(O)CCOC1CCC2C3CC=C4CC(C)(O)CCC4(C)C3CCC12C. The highest BCUT2D eigenvalue weighted by atomic mass is 16.5. The average molecular weight is 391 g/mol. The van der Waals surface area contributed by atoms with E-state index in [2.05, 4.69) is 19.9 Å². The summed E-state index contributed by atoms with van der Waals surface area (Å²) in [6.45, 7) is 11.4. The van der Waals surface area contributed by atoms with Crippen molar-refractivity contribution < 1.29 is 14.9 Å². The van der Waals surface area contributed by atoms with Crippen molar-refractivity contribution in [2.24, 2.45) is 28.6 Å². The first kappa shape index (κ1) is 20.9. The molecule has 7 atom stereocenters. The van der Waals surface area contributed by atoms with Crippen LogP contribution in [0.4, 0.5) is 0 Å². The van der Waals surface area contributed by atoms with Gasteiger partial charge in [0.1, 0.15) is 0 Å². The number of allylic oxidation sites excluding steroid dienone is 1. The van der Waals surface area contributed by atoms with Crippen LogP contribution in [0.3, 0.4) is 0 Å². The average Bonchev–Trinajstić information content (AvgIpc) is 2.91. The van der Waals surface area contributed by atoms with Gasteiger partial charge in [0.25, 0.3) is 0 Å². The van der Waals surface area contributed by atoms with Gasteiger partial charge < -0.3 is 14.9 Å². The first-order valence-electron chi connectivity index (χ1n) is 11.7. The topological polar surface area (TPSA) is 49.7 Å². The molecule has 0 spiro atoms. The molecule has 0 bridgehead atoms. The first-order valence-corrected chi connectivity index (χ1v) is 11.7. The second kappa shape index (κ2) is 6.82. The van der Waals surface area contributed by atoms with Gasteiger partial charge in [-0.15, -0.1) is 0 Å². The zero-order chi connectivity index (χ0) is 20.4. The molecule has 3 heteroatoms. The Bertz CT molecular complexity index is 630. The maximum Gasteiger partial charge on any atom is 0.0657 e. The van der Waals surface area contributed by atoms with E-state index in [4.69, 9.17) is 4.74 Å². The summed E-state index contributed by atoms with van der Waals surface area (Å²) in [5, 5.41) is 20.6. The van der Waals surface area contributed by atoms with E-state index in [-0.39, 0.29) is 0 Å². The molecule has 0 heterocycles. The third-order valence-corrected chi connectivity index (χ3v) is 9.33. The highest BCUT2D eigenvalue weighted by molar-refractivity contribution is 5.26. The number of hydrogen-bond acceptors (Lipinski definition) is 3. The van der Waals surface area contributed by atoms with Gasteiger partial charge in [-0.3, -0.25) is 0 Å². The van der Waals surface area contributed by atoms with Gasteiger partial charge in [-0.25, -0.2) is 0 Å². The molecule has 0 aliphatic heterocycles. The molecule has 4 aliphatic rings. The van der Waals surface area contributed by atoms with Gasteiger partial charge >= 0.3 is 0 Å². The maximum absolute atomic E-state index is 10.6. The number of ether oxygens (including phenoxy) is 1. The fourth-order valence-electron chi connectivity index (χ4n) is 7.48. The van der Waals surface area contributed by atoms with Crippen molar-refractivity contribution in [3.63, 3.8) is 0 Å². The van der Waals surface area contributed by atoms with Crippen LogP contribution in [-0.4, -0.2) is 34.1 Å². The fourth-order valence-corrected chi connectivity index (χ4v) is 7.48. The second-order valence-corrected chi connectivity index (χ2v) is 12.0. The molecule has 2 N–H and O–H groups in total. The Hall–Kier alpha value is -0.380. The summed E-state index contributed by atoms with van der Waals surface area (Å²) in [4.78, 5) is 0. The van der Waals surface area contributed by atoms with Gasteiger partial charge in [-0.2, -0.15) is 0 Å². The molecule has 4 rings (SSSR count). The van der Waals surface area contributed by atoms with Crippen LogP contribution < -0.4 is 0 Å². The summed E-state index contributed by atoms with van der Waals surface area (Å²) in [5.41, 5.74) is 0.991. The van der Waals surface area contributed by atoms with Crippen molar-refractivity contribution in [2.45, 2.75) is 110 Å². The monoisotopic (exact) mass is 390 g/mol. The molecule has 0 amide bonds. The standard InChI is InChI=1S/C25H42O3/c1-22(2,26)14-15-28-21-9-8-19-18-7-6-17-16-23(3,27)12-13-24(17,4)20(18)10-11-25(19,21)5/h6,18-21,26-27H,7-16H2,1-5H3. The van der Waals surface area contributed by atoms with Crippen LogP contribution in [0.5, 0.6) is 0 Å². The van der Waals surface area contributed by atoms with Gasteiger partial charge in [0.05, 0.1) is 17.3 Å². The van der Waals surface area contributed by atoms with Crippen LogP contribution in [0.15, 0.2) is 11.6 Å². The Balaban J connectivity index is 1.49. The zero-order valence-electron chi connectivity index (χ0n) is 18.8. The van der Waals surface area contributed by atoms with Crippen molar-refractivity contribution in [2.75, 3.05) is 6.61 Å². The smallest absolute Gasteiger partial charge is 0.0657 e. The fraction of sp³-hybridized carbons (Fsp3) is 0.920. The molecule has 28 heavy (non-hydrogen) atoms. The van der Waals surface area contributed by atoms with E-state index in [1.54, 1.807) is 5.57 Å². The minimum absolute atomic E-state index is 0.294. The maximum atomic E-state index is 10.6. The van der Waals surface area contributed by atoms with Crippen LogP contribution >= 0.6 is 0 Å². The molecular weight excluding hydrogens is 348 g/mol. The van der Waals surface area contributed by atoms with E-state index < -0.39 is 11.2 Å². The molecular formula is C25H42O3. The van der Waals surface area contributed by atoms with Gasteiger partial charge in [0.2, 0.25) is 0 Å². The van der Waals surface area contributed by atoms with Crippen LogP contribution in [0.1, 0.15) is 92.4 Å². The molecule has 0 aromatic heterocycles. The zero-order valence-corrected chi connectivity index (χ0v) is 18.8. The molecule has 0 saturated heterocycles. The normalized spacial score (nSPS) is 48.5. The molecule has 160 valence electrons. The first-order chi connectivity index (χ1) is 12.9. The third kappa shape index (κ3) is 3.50. The minimum Gasteiger partial charge on any atom is -0.390 e. The lowest BCUT2D eigenvalue weighted by molar-refractivity contribution is -0.104. The van der Waals surface area contributed by atoms with E-state index in [1.165, 1.54) is 32.1 Å². The molecule has 0 aromatic rings. The van der Waals surface area contributed by atoms with Crippen LogP contribution in [0.2, 0.25) is 0 Å². The summed E-state index contributed by atoms with van der Waals surface area (Å²) in [6, 6.07) is 0. The Morgan fingerprint density at radius 1 is 1.07 bits per heavy atom. The molecule has 0 radical (unpaired) electrons. The van der Waals surface area contributed by atoms with Crippen molar-refractivity contribution in [3.05, 3.63) is 11.6 Å². The number of hydrogen-bond donors (Lipinski definition) is 2. The predicted molar refractivity (Wildman–Crippen MR) is 113 cm³/mol. The Morgan fingerprint density at radius 2 is 1.82 bits per heavy atom. The van der Waals surface area contributed by atoms with E-state index in [9.17, 15) is 10.2 Å². The van der Waals surface area contributed by atoms with Crippen molar-refractivity contribution in [1.29, 1.82) is 0 Å². The summed E-state index contributed by atoms with van der Waals surface area (Å²) in [6.07, 6.45) is 12.8. The predicted octanol–water partition coefficient (Wildman–Crippen LogP) is 5.25. The molecule has 0 aromatic carbocycles. The van der Waals surface area contributed by atoms with Crippen LogP contribution in [-0.2, 0) is 4.74 Å². The van der Waals surface area contributed by atoms with Gasteiger partial charge in [-0.05, 0) is 107 Å². The lowest BCUT2D eigenvalue weighted by Crippen LogP contribution is -2.52. The van der Waals surface area contributed by atoms with E-state index in [1.807, 2.05) is 20.8 Å². The number of fused-ring (bicyclic) bond motifs is 5. The molecule has 3 saturated carbocycles. The Kier molecular flexibility index (Phi) is 5.08. The summed E-state index contributed by atoms with van der Waals surface area (Å²) in [7, 11) is 0. The van der Waals surface area contributed by atoms with Crippen molar-refractivity contribution in [3.8, 4) is 0 Å². The number of aliphatic hydroxyl groups is 2. The summed E-state index contributed by atoms with van der Waals surface area (Å²) in [5.74, 6) is 2.31. The van der Waals surface area contributed by atoms with Crippen LogP contribution in [0.25, 0.3) is 0 Å². The molecule has 3 fully saturated rings. The molecule has 3 nitrogen and oxygen atoms in total. The number of rotatable bonds is 4. The minimum atomic E-state index is -0.641. The highest BCUT2D eigenvalue weighted by Crippen LogP contribution is 2.65. The molecule has 4 aliphatic carbocycles. The van der Waals surface area contributed by atoms with Crippen molar-refractivity contribution >= 4 is 0 Å². The Labute approximate surface area is 171 Å². The highest BCUT2D eigenvalue weighted by Gasteiger charge is 2.59. The largest absolute Gasteiger partial charge is 0.390 e. The quantitative estimate of drug-likeness (QED) is 0.645. The van der Waals surface area contributed by atoms with E-state index in [0.29, 0.717) is 30.0 Å². The Morgan fingerprint density at radius 3 is 2.54 bits per heavy atom. The van der Waals surface area contributed by atoms with Gasteiger partial charge in [0, 0.05) is 6.61 Å². The van der Waals surface area contributed by atoms with Crippen LogP contribution in [0, 0.1) is 28.6 Å². The third-order valence-electron chi connectivity index (χ3n) is 9.33. The molecule has 7 unspecified atom stereocenters. The van der Waals surface area contributed by atoms with Gasteiger partial charge in [-0.1, -0.05) is 25.5 Å². The van der Waals surface area contributed by atoms with E-state index >= 15 is 0 Å². The second-order valence-electron chi connectivity index (χ2n) is 12.0. The lowest BCUT2D eigenvalue weighted by Gasteiger charge is -2.58.